The van der Waals surface area contributed by atoms with Crippen molar-refractivity contribution in [1.29, 1.82) is 0 Å². The first-order valence-corrected chi connectivity index (χ1v) is 8.95. The summed E-state index contributed by atoms with van der Waals surface area (Å²) in [6.07, 6.45) is 3.80. The van der Waals surface area contributed by atoms with E-state index < -0.39 is 0 Å². The molecule has 0 atom stereocenters. The quantitative estimate of drug-likeness (QED) is 0.405. The summed E-state index contributed by atoms with van der Waals surface area (Å²) in [5.74, 6) is 1.26. The number of likely N-dealkylation sites (N-methyl/N-ethyl adjacent to an activating group) is 2. The average molecular weight is 349 g/mol. The number of ether oxygens (including phenoxy) is 2. The van der Waals surface area contributed by atoms with Crippen LogP contribution < -0.4 is 9.47 Å². The summed E-state index contributed by atoms with van der Waals surface area (Å²) >= 11 is 0. The third kappa shape index (κ3) is 8.68. The number of nitrogens with zero attached hydrogens (tertiary/aromatic N) is 3. The Balaban J connectivity index is 2.62. The maximum Gasteiger partial charge on any atom is 0.240 e. The second kappa shape index (κ2) is 12.5. The molecule has 0 aromatic heterocycles. The predicted octanol–water partition coefficient (Wildman–Crippen LogP) is 3.10. The molecule has 1 aromatic rings. The van der Waals surface area contributed by atoms with E-state index in [2.05, 4.69) is 42.7 Å². The molecule has 0 amide bonds. The predicted molar refractivity (Wildman–Crippen MR) is 101 cm³/mol. The molecule has 0 saturated heterocycles. The van der Waals surface area contributed by atoms with Crippen molar-refractivity contribution in [1.82, 2.24) is 9.80 Å². The molecule has 0 heterocycles. The summed E-state index contributed by atoms with van der Waals surface area (Å²) in [5.41, 5.74) is 0.476. The zero-order valence-corrected chi connectivity index (χ0v) is 16.0. The molecule has 0 radical (unpaired) electrons. The zero-order valence-electron chi connectivity index (χ0n) is 16.0. The van der Waals surface area contributed by atoms with Crippen LogP contribution in [0.2, 0.25) is 0 Å². The minimum absolute atomic E-state index is 0.476. The van der Waals surface area contributed by atoms with Crippen LogP contribution in [0.15, 0.2) is 23.2 Å². The lowest BCUT2D eigenvalue weighted by Gasteiger charge is -2.17. The molecule has 0 unspecified atom stereocenters. The molecule has 0 N–H and O–H groups in total. The van der Waals surface area contributed by atoms with Gasteiger partial charge in [-0.1, -0.05) is 13.8 Å². The molecule has 140 valence electrons. The Kier molecular flexibility index (Phi) is 10.6. The number of aliphatic imine (C=N–C) groups is 1. The van der Waals surface area contributed by atoms with Gasteiger partial charge in [-0.3, -0.25) is 0 Å². The number of isocyanates is 1. The van der Waals surface area contributed by atoms with E-state index in [9.17, 15) is 4.79 Å². The molecule has 0 saturated carbocycles. The molecule has 0 aliphatic rings. The highest BCUT2D eigenvalue weighted by Gasteiger charge is 2.07. The second-order valence-corrected chi connectivity index (χ2v) is 6.14. The van der Waals surface area contributed by atoms with Crippen molar-refractivity contribution in [2.45, 2.75) is 26.7 Å². The van der Waals surface area contributed by atoms with E-state index in [-0.39, 0.29) is 0 Å². The Morgan fingerprint density at radius 3 is 2.12 bits per heavy atom. The molecule has 0 aliphatic heterocycles. The first-order chi connectivity index (χ1) is 12.1. The standard InChI is InChI=1S/C19H31N3O3/c1-5-9-21(3)11-13-24-17-7-8-18(20-16-23)19(15-17)25-14-12-22(4)10-6-2/h7-8,15H,5-6,9-14H2,1-4H3. The topological polar surface area (TPSA) is 54.4 Å². The molecular weight excluding hydrogens is 318 g/mol. The van der Waals surface area contributed by atoms with Gasteiger partial charge < -0.3 is 19.3 Å². The maximum atomic E-state index is 10.6. The molecule has 1 aromatic carbocycles. The fourth-order valence-electron chi connectivity index (χ4n) is 2.46. The molecular formula is C19H31N3O3. The third-order valence-corrected chi connectivity index (χ3v) is 3.78. The first-order valence-electron chi connectivity index (χ1n) is 8.95. The Hall–Kier alpha value is -1.88. The van der Waals surface area contributed by atoms with Gasteiger partial charge in [-0.2, -0.15) is 4.99 Å². The van der Waals surface area contributed by atoms with Crippen molar-refractivity contribution in [3.63, 3.8) is 0 Å². The monoisotopic (exact) mass is 349 g/mol. The Labute approximate surface area is 151 Å². The number of rotatable bonds is 13. The van der Waals surface area contributed by atoms with Crippen LogP contribution >= 0.6 is 0 Å². The fourth-order valence-corrected chi connectivity index (χ4v) is 2.46. The summed E-state index contributed by atoms with van der Waals surface area (Å²) in [4.78, 5) is 18.7. The summed E-state index contributed by atoms with van der Waals surface area (Å²) in [7, 11) is 4.14. The minimum atomic E-state index is 0.476. The highest BCUT2D eigenvalue weighted by molar-refractivity contribution is 5.59. The summed E-state index contributed by atoms with van der Waals surface area (Å²) < 4.78 is 11.6. The van der Waals surface area contributed by atoms with Gasteiger partial charge in [0.25, 0.3) is 0 Å². The fraction of sp³-hybridized carbons (Fsp3) is 0.632. The normalized spacial score (nSPS) is 10.8. The van der Waals surface area contributed by atoms with E-state index >= 15 is 0 Å². The lowest BCUT2D eigenvalue weighted by atomic mass is 10.3. The van der Waals surface area contributed by atoms with Crippen molar-refractivity contribution >= 4 is 11.8 Å². The van der Waals surface area contributed by atoms with Crippen LogP contribution in [0.25, 0.3) is 0 Å². The SMILES string of the molecule is CCCN(C)CCOc1ccc(N=C=O)c(OCCN(C)CCC)c1. The molecule has 0 fully saturated rings. The molecule has 0 aliphatic carbocycles. The van der Waals surface area contributed by atoms with Crippen LogP contribution in [-0.2, 0) is 4.79 Å². The van der Waals surface area contributed by atoms with E-state index in [0.29, 0.717) is 30.4 Å². The minimum Gasteiger partial charge on any atom is -0.492 e. The van der Waals surface area contributed by atoms with Crippen LogP contribution in [0, 0.1) is 0 Å². The van der Waals surface area contributed by atoms with Crippen LogP contribution in [0.3, 0.4) is 0 Å². The van der Waals surface area contributed by atoms with Gasteiger partial charge in [0, 0.05) is 19.2 Å². The Bertz CT molecular complexity index is 545. The number of carbonyl (C=O) groups excluding carboxylic acids is 1. The molecule has 0 bridgehead atoms. The largest absolute Gasteiger partial charge is 0.492 e. The third-order valence-electron chi connectivity index (χ3n) is 3.78. The summed E-state index contributed by atoms with van der Waals surface area (Å²) in [6.45, 7) is 9.18. The van der Waals surface area contributed by atoms with E-state index in [1.165, 1.54) is 0 Å². The van der Waals surface area contributed by atoms with Crippen LogP contribution in [0.1, 0.15) is 26.7 Å². The van der Waals surface area contributed by atoms with E-state index in [1.807, 2.05) is 0 Å². The van der Waals surface area contributed by atoms with Crippen molar-refractivity contribution in [2.24, 2.45) is 4.99 Å². The Morgan fingerprint density at radius 1 is 0.960 bits per heavy atom. The molecule has 6 nitrogen and oxygen atoms in total. The van der Waals surface area contributed by atoms with E-state index in [0.717, 1.165) is 39.0 Å². The van der Waals surface area contributed by atoms with Gasteiger partial charge in [-0.25, -0.2) is 4.79 Å². The van der Waals surface area contributed by atoms with Gasteiger partial charge in [0.05, 0.1) is 0 Å². The lowest BCUT2D eigenvalue weighted by Crippen LogP contribution is -2.25. The first kappa shape index (κ1) is 21.2. The van der Waals surface area contributed by atoms with Gasteiger partial charge in [0.2, 0.25) is 6.08 Å². The highest BCUT2D eigenvalue weighted by atomic mass is 16.5. The van der Waals surface area contributed by atoms with E-state index in [1.54, 1.807) is 24.3 Å². The van der Waals surface area contributed by atoms with Gasteiger partial charge in [-0.15, -0.1) is 0 Å². The summed E-state index contributed by atoms with van der Waals surface area (Å²) in [6, 6.07) is 5.31. The van der Waals surface area contributed by atoms with Gasteiger partial charge in [0.15, 0.2) is 0 Å². The van der Waals surface area contributed by atoms with Gasteiger partial charge >= 0.3 is 0 Å². The zero-order chi connectivity index (χ0) is 18.5. The number of hydrogen-bond acceptors (Lipinski definition) is 6. The highest BCUT2D eigenvalue weighted by Crippen LogP contribution is 2.31. The molecule has 25 heavy (non-hydrogen) atoms. The van der Waals surface area contributed by atoms with Crippen molar-refractivity contribution in [2.75, 3.05) is 53.5 Å². The van der Waals surface area contributed by atoms with Crippen LogP contribution in [0.5, 0.6) is 11.5 Å². The lowest BCUT2D eigenvalue weighted by molar-refractivity contribution is 0.230. The number of benzene rings is 1. The van der Waals surface area contributed by atoms with Crippen LogP contribution in [0.4, 0.5) is 5.69 Å². The average Bonchev–Trinajstić information content (AvgIpc) is 2.57. The van der Waals surface area contributed by atoms with Crippen molar-refractivity contribution < 1.29 is 14.3 Å². The van der Waals surface area contributed by atoms with Gasteiger partial charge in [-0.05, 0) is 52.2 Å². The second-order valence-electron chi connectivity index (χ2n) is 6.14. The smallest absolute Gasteiger partial charge is 0.240 e. The molecule has 6 heteroatoms. The summed E-state index contributed by atoms with van der Waals surface area (Å²) in [5, 5.41) is 0. The van der Waals surface area contributed by atoms with Gasteiger partial charge in [0.1, 0.15) is 30.4 Å². The van der Waals surface area contributed by atoms with Crippen LogP contribution in [-0.4, -0.2) is 69.4 Å². The number of hydrogen-bond donors (Lipinski definition) is 0. The molecule has 0 spiro atoms. The van der Waals surface area contributed by atoms with Crippen molar-refractivity contribution in [3.8, 4) is 11.5 Å². The van der Waals surface area contributed by atoms with E-state index in [4.69, 9.17) is 9.47 Å². The van der Waals surface area contributed by atoms with Crippen molar-refractivity contribution in [3.05, 3.63) is 18.2 Å². The maximum absolute atomic E-state index is 10.6. The Morgan fingerprint density at radius 2 is 1.56 bits per heavy atom. The molecule has 1 rings (SSSR count).